The number of rotatable bonds is 2. The van der Waals surface area contributed by atoms with Gasteiger partial charge in [-0.05, 0) is 220 Å². The van der Waals surface area contributed by atoms with Crippen LogP contribution in [0.3, 0.4) is 0 Å². The Morgan fingerprint density at radius 3 is 1.87 bits per heavy atom. The zero-order valence-electron chi connectivity index (χ0n) is 43.6. The number of hydrogen-bond acceptors (Lipinski definition) is 6. The third-order valence-electron chi connectivity index (χ3n) is 24.7. The van der Waals surface area contributed by atoms with Crippen LogP contribution in [0.5, 0.6) is 11.5 Å². The average Bonchev–Trinajstić information content (AvgIpc) is 3.25. The Hall–Kier alpha value is -3.13. The number of carbonyl (C=O) groups excluding carboxylic acids is 1. The lowest BCUT2D eigenvalue weighted by molar-refractivity contribution is -0.202. The van der Waals surface area contributed by atoms with Crippen molar-refractivity contribution in [3.05, 3.63) is 46.1 Å². The minimum absolute atomic E-state index is 0.00431. The van der Waals surface area contributed by atoms with E-state index in [4.69, 9.17) is 0 Å². The summed E-state index contributed by atoms with van der Waals surface area (Å²) in [5.41, 5.74) is 4.15. The Balaban J connectivity index is 0.000000168. The zero-order valence-corrected chi connectivity index (χ0v) is 43.6. The summed E-state index contributed by atoms with van der Waals surface area (Å²) in [7, 11) is 0. The fraction of sp³-hybridized carbons (Fsp3) is 0.780. The Morgan fingerprint density at radius 1 is 0.642 bits per heavy atom. The van der Waals surface area contributed by atoms with Crippen LogP contribution in [0.4, 0.5) is 0 Å². The molecule has 0 aliphatic heterocycles. The number of aliphatic carboxylic acids is 2. The van der Waals surface area contributed by atoms with Crippen LogP contribution in [-0.4, -0.2) is 49.4 Å². The standard InChI is InChI=1S/C30H46O4.C29H40O4/c1-25(2)21-8-11-30(7)23(28(21,5)10-9-22(25)32)20(31)16-18-19-17-27(4,24(33)34)13-12-26(19,3)14-15-29(18,30)6;1-17-18-7-8-21-27(4,19(18)15-20(30)23(17)31)12-14-29(6)22-16-26(3,24(32)33)10-9-25(22,2)11-13-28(21,29)5/h16,19,21-23,32H,8-15,17H2,1-7H3,(H,33,34);8,15,22,30-31H,7,9-14,16H2,1-6H3,(H,32,33). The molecule has 5 N–H and O–H groups in total. The summed E-state index contributed by atoms with van der Waals surface area (Å²) in [5.74, 6) is -0.222. The number of allylic oxidation sites excluding steroid dienone is 4. The van der Waals surface area contributed by atoms with E-state index in [2.05, 4.69) is 75.3 Å². The van der Waals surface area contributed by atoms with Crippen LogP contribution in [0, 0.1) is 84.7 Å². The maximum Gasteiger partial charge on any atom is 0.309 e. The number of benzene rings is 1. The van der Waals surface area contributed by atoms with Crippen LogP contribution in [0.1, 0.15) is 203 Å². The molecule has 1 aromatic carbocycles. The molecule has 0 spiro atoms. The molecular formula is C59H86O8. The highest BCUT2D eigenvalue weighted by Gasteiger charge is 2.71. The molecule has 0 bridgehead atoms. The van der Waals surface area contributed by atoms with Crippen LogP contribution >= 0.6 is 0 Å². The predicted molar refractivity (Wildman–Crippen MR) is 263 cm³/mol. The van der Waals surface area contributed by atoms with E-state index in [1.165, 1.54) is 16.7 Å². The molecule has 15 atom stereocenters. The summed E-state index contributed by atoms with van der Waals surface area (Å²) in [6, 6.07) is 1.81. The molecule has 10 rings (SSSR count). The number of carbonyl (C=O) groups is 3. The van der Waals surface area contributed by atoms with Gasteiger partial charge in [0.15, 0.2) is 17.3 Å². The van der Waals surface area contributed by atoms with Gasteiger partial charge in [-0.25, -0.2) is 0 Å². The SMILES string of the molecule is CC1(C(=O)O)CCC2(C)CCC3(C)C(=CC(=O)C4C5(C)CCC(O)C(C)(C)C5CCC43C)C2C1.Cc1c(O)c(O)cc2c1CC=C1C2(C)CCC2(C)C3CC(C)(C(=O)O)CCC3(C)CCC12C. The maximum atomic E-state index is 14.2. The van der Waals surface area contributed by atoms with Gasteiger partial charge in [-0.3, -0.25) is 14.4 Å². The predicted octanol–water partition coefficient (Wildman–Crippen LogP) is 13.1. The first-order valence-corrected chi connectivity index (χ1v) is 26.4. The molecule has 0 aromatic heterocycles. The van der Waals surface area contributed by atoms with Gasteiger partial charge in [0.25, 0.3) is 0 Å². The second-order valence-electron chi connectivity index (χ2n) is 28.0. The van der Waals surface area contributed by atoms with Crippen molar-refractivity contribution < 1.29 is 39.9 Å². The number of ketones is 1. The van der Waals surface area contributed by atoms with Gasteiger partial charge in [-0.15, -0.1) is 0 Å². The van der Waals surface area contributed by atoms with Gasteiger partial charge in [0.2, 0.25) is 0 Å². The third-order valence-corrected chi connectivity index (χ3v) is 24.7. The van der Waals surface area contributed by atoms with Gasteiger partial charge in [-0.1, -0.05) is 86.5 Å². The third kappa shape index (κ3) is 6.26. The summed E-state index contributed by atoms with van der Waals surface area (Å²) >= 11 is 0. The number of aliphatic hydroxyl groups excluding tert-OH is 1. The topological polar surface area (TPSA) is 152 Å². The van der Waals surface area contributed by atoms with Crippen LogP contribution in [-0.2, 0) is 26.2 Å². The first-order chi connectivity index (χ1) is 30.8. The first kappa shape index (κ1) is 48.9. The van der Waals surface area contributed by atoms with E-state index in [9.17, 15) is 39.9 Å². The molecule has 9 aliphatic carbocycles. The molecule has 8 nitrogen and oxygen atoms in total. The molecule has 15 unspecified atom stereocenters. The number of hydrogen-bond donors (Lipinski definition) is 5. The lowest BCUT2D eigenvalue weighted by Gasteiger charge is -2.70. The maximum absolute atomic E-state index is 14.2. The average molecular weight is 923 g/mol. The highest BCUT2D eigenvalue weighted by atomic mass is 16.4. The van der Waals surface area contributed by atoms with E-state index < -0.39 is 22.8 Å². The van der Waals surface area contributed by atoms with Crippen molar-refractivity contribution in [2.24, 2.45) is 77.8 Å². The Morgan fingerprint density at radius 2 is 1.22 bits per heavy atom. The molecule has 0 heterocycles. The molecule has 1 aromatic rings. The smallest absolute Gasteiger partial charge is 0.309 e. The van der Waals surface area contributed by atoms with Crippen LogP contribution in [0.2, 0.25) is 0 Å². The lowest BCUT2D eigenvalue weighted by Crippen LogP contribution is -2.66. The molecule has 370 valence electrons. The fourth-order valence-corrected chi connectivity index (χ4v) is 19.3. The van der Waals surface area contributed by atoms with Crippen molar-refractivity contribution in [3.63, 3.8) is 0 Å². The number of phenolic OH excluding ortho intramolecular Hbond substituents is 2. The van der Waals surface area contributed by atoms with E-state index in [1.807, 2.05) is 32.9 Å². The first-order valence-electron chi connectivity index (χ1n) is 26.4. The number of aromatic hydroxyl groups is 2. The molecule has 0 radical (unpaired) electrons. The van der Waals surface area contributed by atoms with Crippen LogP contribution < -0.4 is 0 Å². The van der Waals surface area contributed by atoms with Gasteiger partial charge in [0.05, 0.1) is 16.9 Å². The molecule has 0 amide bonds. The zero-order chi connectivity index (χ0) is 49.3. The monoisotopic (exact) mass is 923 g/mol. The minimum atomic E-state index is -0.711. The van der Waals surface area contributed by atoms with Crippen molar-refractivity contribution >= 4 is 17.7 Å². The summed E-state index contributed by atoms with van der Waals surface area (Å²) < 4.78 is 0. The molecule has 7 saturated carbocycles. The Labute approximate surface area is 402 Å². The van der Waals surface area contributed by atoms with Crippen molar-refractivity contribution in [3.8, 4) is 11.5 Å². The van der Waals surface area contributed by atoms with Crippen LogP contribution in [0.15, 0.2) is 29.4 Å². The molecule has 67 heavy (non-hydrogen) atoms. The van der Waals surface area contributed by atoms with E-state index in [0.29, 0.717) is 18.3 Å². The summed E-state index contributed by atoms with van der Waals surface area (Å²) in [5, 5.41) is 51.8. The highest BCUT2D eigenvalue weighted by molar-refractivity contribution is 5.95. The number of fused-ring (bicyclic) bond motifs is 14. The second-order valence-corrected chi connectivity index (χ2v) is 28.0. The number of phenols is 2. The van der Waals surface area contributed by atoms with Gasteiger partial charge in [-0.2, -0.15) is 0 Å². The summed E-state index contributed by atoms with van der Waals surface area (Å²) in [6.07, 6.45) is 20.0. The summed E-state index contributed by atoms with van der Waals surface area (Å²) in [4.78, 5) is 38.7. The lowest BCUT2D eigenvalue weighted by atomic mass is 9.33. The van der Waals surface area contributed by atoms with Gasteiger partial charge in [0, 0.05) is 11.3 Å². The summed E-state index contributed by atoms with van der Waals surface area (Å²) in [6.45, 7) is 29.4. The molecular weight excluding hydrogens is 837 g/mol. The van der Waals surface area contributed by atoms with Gasteiger partial charge < -0.3 is 25.5 Å². The van der Waals surface area contributed by atoms with Crippen LogP contribution in [0.25, 0.3) is 0 Å². The van der Waals surface area contributed by atoms with Crippen molar-refractivity contribution in [2.75, 3.05) is 0 Å². The number of carboxylic acid groups (broad SMARTS) is 2. The molecule has 8 heteroatoms. The Kier molecular flexibility index (Phi) is 10.7. The Bertz CT molecular complexity index is 2380. The normalized spacial score (nSPS) is 49.2. The molecule has 9 aliphatic rings. The van der Waals surface area contributed by atoms with E-state index in [1.54, 1.807) is 0 Å². The fourth-order valence-electron chi connectivity index (χ4n) is 19.3. The highest BCUT2D eigenvalue weighted by Crippen LogP contribution is 2.77. The minimum Gasteiger partial charge on any atom is -0.504 e. The van der Waals surface area contributed by atoms with Gasteiger partial charge in [0.1, 0.15) is 0 Å². The van der Waals surface area contributed by atoms with Gasteiger partial charge >= 0.3 is 11.9 Å². The second kappa shape index (κ2) is 14.7. The quantitative estimate of drug-likeness (QED) is 0.145. The van der Waals surface area contributed by atoms with Crippen molar-refractivity contribution in [2.45, 2.75) is 211 Å². The van der Waals surface area contributed by atoms with E-state index in [-0.39, 0.29) is 84.0 Å². The van der Waals surface area contributed by atoms with Crippen molar-refractivity contribution in [1.29, 1.82) is 0 Å². The number of aliphatic hydroxyl groups is 1. The molecule has 7 fully saturated rings. The van der Waals surface area contributed by atoms with Crippen molar-refractivity contribution in [1.82, 2.24) is 0 Å². The largest absolute Gasteiger partial charge is 0.504 e. The van der Waals surface area contributed by atoms with E-state index >= 15 is 0 Å². The molecule has 0 saturated heterocycles. The van der Waals surface area contributed by atoms with E-state index in [0.717, 1.165) is 114 Å². The number of carboxylic acids is 2.